The van der Waals surface area contributed by atoms with Crippen LogP contribution in [0.25, 0.3) is 0 Å². The molecule has 0 spiro atoms. The van der Waals surface area contributed by atoms with E-state index < -0.39 is 0 Å². The highest BCUT2D eigenvalue weighted by atomic mass is 16.1. The van der Waals surface area contributed by atoms with Gasteiger partial charge in [0.1, 0.15) is 0 Å². The molecule has 0 aromatic heterocycles. The first-order valence-corrected chi connectivity index (χ1v) is 7.88. The van der Waals surface area contributed by atoms with Gasteiger partial charge >= 0.3 is 0 Å². The van der Waals surface area contributed by atoms with Crippen molar-refractivity contribution in [1.82, 2.24) is 0 Å². The highest BCUT2D eigenvalue weighted by Crippen LogP contribution is 2.48. The maximum atomic E-state index is 12.5. The Kier molecular flexibility index (Phi) is 3.67. The molecule has 1 aliphatic carbocycles. The summed E-state index contributed by atoms with van der Waals surface area (Å²) in [4.78, 5) is 12.5. The zero-order valence-corrected chi connectivity index (χ0v) is 12.9. The maximum Gasteiger partial charge on any atom is 0.164 e. The number of Topliss-reactive ketones (excluding diaryl/α,β-unsaturated/α-hetero) is 1. The van der Waals surface area contributed by atoms with Crippen molar-refractivity contribution in [2.75, 3.05) is 0 Å². The van der Waals surface area contributed by atoms with Crippen molar-refractivity contribution in [3.8, 4) is 0 Å². The topological polar surface area (TPSA) is 17.1 Å². The van der Waals surface area contributed by atoms with E-state index in [4.69, 9.17) is 0 Å². The van der Waals surface area contributed by atoms with Gasteiger partial charge < -0.3 is 0 Å². The number of rotatable bonds is 4. The fraction of sp³-hybridized carbons (Fsp3) is 0.350. The standard InChI is InChI=1S/C20H22O/c1-3-4-13-20(17-11-7-5-9-15(17)2)14-19(21)16-10-6-8-12-18(16)20/h5-12H,3-4,13-14H2,1-2H3. The number of carbonyl (C=O) groups is 1. The average Bonchev–Trinajstić information content (AvgIpc) is 2.80. The minimum Gasteiger partial charge on any atom is -0.294 e. The number of hydrogen-bond acceptors (Lipinski definition) is 1. The largest absolute Gasteiger partial charge is 0.294 e. The van der Waals surface area contributed by atoms with Crippen LogP contribution in [0.4, 0.5) is 0 Å². The lowest BCUT2D eigenvalue weighted by Crippen LogP contribution is -2.26. The summed E-state index contributed by atoms with van der Waals surface area (Å²) in [5, 5.41) is 0. The van der Waals surface area contributed by atoms with E-state index in [1.807, 2.05) is 12.1 Å². The zero-order chi connectivity index (χ0) is 14.9. The van der Waals surface area contributed by atoms with Crippen LogP contribution in [0, 0.1) is 6.92 Å². The highest BCUT2D eigenvalue weighted by Gasteiger charge is 2.44. The van der Waals surface area contributed by atoms with Crippen molar-refractivity contribution < 1.29 is 4.79 Å². The molecule has 1 aliphatic rings. The van der Waals surface area contributed by atoms with Gasteiger partial charge in [0.15, 0.2) is 5.78 Å². The molecule has 0 saturated carbocycles. The van der Waals surface area contributed by atoms with E-state index in [1.54, 1.807) is 0 Å². The maximum absolute atomic E-state index is 12.5. The Morgan fingerprint density at radius 1 is 1.00 bits per heavy atom. The summed E-state index contributed by atoms with van der Waals surface area (Å²) in [6, 6.07) is 16.7. The molecule has 2 aromatic rings. The van der Waals surface area contributed by atoms with Crippen molar-refractivity contribution in [3.05, 3.63) is 70.8 Å². The van der Waals surface area contributed by atoms with Gasteiger partial charge in [-0.1, -0.05) is 68.3 Å². The van der Waals surface area contributed by atoms with Crippen LogP contribution in [0.3, 0.4) is 0 Å². The first-order chi connectivity index (χ1) is 10.2. The minimum absolute atomic E-state index is 0.116. The first-order valence-electron chi connectivity index (χ1n) is 7.88. The lowest BCUT2D eigenvalue weighted by molar-refractivity contribution is 0.0977. The van der Waals surface area contributed by atoms with E-state index in [9.17, 15) is 4.79 Å². The van der Waals surface area contributed by atoms with Crippen LogP contribution in [0.1, 0.15) is 59.7 Å². The lowest BCUT2D eigenvalue weighted by Gasteiger charge is -2.32. The third kappa shape index (κ3) is 2.21. The van der Waals surface area contributed by atoms with Gasteiger partial charge in [-0.15, -0.1) is 0 Å². The summed E-state index contributed by atoms with van der Waals surface area (Å²) < 4.78 is 0. The number of aryl methyl sites for hydroxylation is 1. The molecule has 0 amide bonds. The fourth-order valence-corrected chi connectivity index (χ4v) is 3.79. The third-order valence-corrected chi connectivity index (χ3v) is 4.82. The SMILES string of the molecule is CCCCC1(c2ccccc2C)CC(=O)c2ccccc21. The van der Waals surface area contributed by atoms with Crippen molar-refractivity contribution in [2.45, 2.75) is 44.9 Å². The minimum atomic E-state index is -0.116. The number of carbonyl (C=O) groups excluding carboxylic acids is 1. The van der Waals surface area contributed by atoms with E-state index in [2.05, 4.69) is 50.2 Å². The molecule has 0 fully saturated rings. The summed E-state index contributed by atoms with van der Waals surface area (Å²) in [6.45, 7) is 4.38. The molecule has 1 atom stereocenters. The Balaban J connectivity index is 2.21. The van der Waals surface area contributed by atoms with Gasteiger partial charge in [0, 0.05) is 17.4 Å². The van der Waals surface area contributed by atoms with E-state index in [0.29, 0.717) is 12.2 Å². The third-order valence-electron chi connectivity index (χ3n) is 4.82. The zero-order valence-electron chi connectivity index (χ0n) is 12.9. The molecule has 21 heavy (non-hydrogen) atoms. The molecule has 0 N–H and O–H groups in total. The summed E-state index contributed by atoms with van der Waals surface area (Å²) in [7, 11) is 0. The molecular weight excluding hydrogens is 256 g/mol. The van der Waals surface area contributed by atoms with E-state index >= 15 is 0 Å². The van der Waals surface area contributed by atoms with Crippen molar-refractivity contribution in [1.29, 1.82) is 0 Å². The Labute approximate surface area is 127 Å². The Bertz CT molecular complexity index is 671. The number of unbranched alkanes of at least 4 members (excludes halogenated alkanes) is 1. The molecule has 108 valence electrons. The van der Waals surface area contributed by atoms with E-state index in [0.717, 1.165) is 24.8 Å². The van der Waals surface area contributed by atoms with Gasteiger partial charge in [-0.05, 0) is 30.0 Å². The Hall–Kier alpha value is -1.89. The normalized spacial score (nSPS) is 20.6. The predicted octanol–water partition coefficient (Wildman–Crippen LogP) is 5.06. The quantitative estimate of drug-likeness (QED) is 0.764. The van der Waals surface area contributed by atoms with Crippen LogP contribution in [-0.4, -0.2) is 5.78 Å². The van der Waals surface area contributed by atoms with E-state index in [-0.39, 0.29) is 5.41 Å². The molecule has 3 rings (SSSR count). The van der Waals surface area contributed by atoms with Crippen molar-refractivity contribution >= 4 is 5.78 Å². The fourth-order valence-electron chi connectivity index (χ4n) is 3.79. The molecule has 1 heteroatoms. The molecule has 1 unspecified atom stereocenters. The molecule has 0 radical (unpaired) electrons. The molecular formula is C20H22O. The Morgan fingerprint density at radius 3 is 2.38 bits per heavy atom. The number of fused-ring (bicyclic) bond motifs is 1. The summed E-state index contributed by atoms with van der Waals surface area (Å²) in [5.41, 5.74) is 4.67. The van der Waals surface area contributed by atoms with Gasteiger partial charge in [-0.3, -0.25) is 4.79 Å². The Morgan fingerprint density at radius 2 is 1.67 bits per heavy atom. The molecule has 2 aromatic carbocycles. The second kappa shape index (κ2) is 5.48. The molecule has 0 heterocycles. The van der Waals surface area contributed by atoms with E-state index in [1.165, 1.54) is 16.7 Å². The molecule has 0 bridgehead atoms. The van der Waals surface area contributed by atoms with Crippen LogP contribution in [0.15, 0.2) is 48.5 Å². The van der Waals surface area contributed by atoms with Crippen molar-refractivity contribution in [3.63, 3.8) is 0 Å². The van der Waals surface area contributed by atoms with Gasteiger partial charge in [-0.25, -0.2) is 0 Å². The van der Waals surface area contributed by atoms with Crippen LogP contribution in [-0.2, 0) is 5.41 Å². The summed E-state index contributed by atoms with van der Waals surface area (Å²) >= 11 is 0. The summed E-state index contributed by atoms with van der Waals surface area (Å²) in [6.07, 6.45) is 3.98. The van der Waals surface area contributed by atoms with Crippen LogP contribution in [0.2, 0.25) is 0 Å². The van der Waals surface area contributed by atoms with Crippen LogP contribution in [0.5, 0.6) is 0 Å². The highest BCUT2D eigenvalue weighted by molar-refractivity contribution is 6.03. The van der Waals surface area contributed by atoms with Gasteiger partial charge in [-0.2, -0.15) is 0 Å². The second-order valence-electron chi connectivity index (χ2n) is 6.15. The number of benzene rings is 2. The second-order valence-corrected chi connectivity index (χ2v) is 6.15. The summed E-state index contributed by atoms with van der Waals surface area (Å²) in [5.74, 6) is 0.296. The van der Waals surface area contributed by atoms with Crippen LogP contribution >= 0.6 is 0 Å². The predicted molar refractivity (Wildman–Crippen MR) is 86.9 cm³/mol. The van der Waals surface area contributed by atoms with Gasteiger partial charge in [0.2, 0.25) is 0 Å². The van der Waals surface area contributed by atoms with Gasteiger partial charge in [0.05, 0.1) is 0 Å². The van der Waals surface area contributed by atoms with Crippen molar-refractivity contribution in [2.24, 2.45) is 0 Å². The molecule has 0 aliphatic heterocycles. The molecule has 1 nitrogen and oxygen atoms in total. The van der Waals surface area contributed by atoms with Gasteiger partial charge in [0.25, 0.3) is 0 Å². The average molecular weight is 278 g/mol. The lowest BCUT2D eigenvalue weighted by atomic mass is 9.70. The number of hydrogen-bond donors (Lipinski definition) is 0. The monoisotopic (exact) mass is 278 g/mol. The smallest absolute Gasteiger partial charge is 0.164 e. The first kappa shape index (κ1) is 14.1. The van der Waals surface area contributed by atoms with Crippen LogP contribution < -0.4 is 0 Å². The number of ketones is 1. The molecule has 0 saturated heterocycles.